The Bertz CT molecular complexity index is 1050. The highest BCUT2D eigenvalue weighted by Crippen LogP contribution is 2.15. The summed E-state index contributed by atoms with van der Waals surface area (Å²) in [5, 5.41) is 7.67. The normalized spacial score (nSPS) is 11.5. The standard InChI is InChI=1S/C16H12F2N4O3S/c17-12-7-11(8-13(9-12)22-19-5-6-20-22)15(23)10-21-26(24,25)16-4-2-1-3-14(16)18/h1-9,21H,10H2. The van der Waals surface area contributed by atoms with Crippen LogP contribution in [0.25, 0.3) is 5.69 Å². The molecule has 0 fully saturated rings. The van der Waals surface area contributed by atoms with Crippen LogP contribution in [0.3, 0.4) is 0 Å². The molecule has 3 aromatic rings. The lowest BCUT2D eigenvalue weighted by Crippen LogP contribution is -2.30. The van der Waals surface area contributed by atoms with Gasteiger partial charge in [-0.3, -0.25) is 4.79 Å². The van der Waals surface area contributed by atoms with E-state index in [1.807, 2.05) is 4.72 Å². The van der Waals surface area contributed by atoms with Gasteiger partial charge >= 0.3 is 0 Å². The number of hydrogen-bond acceptors (Lipinski definition) is 5. The lowest BCUT2D eigenvalue weighted by molar-refractivity contribution is 0.0996. The number of carbonyl (C=O) groups excluding carboxylic acids is 1. The van der Waals surface area contributed by atoms with Crippen LogP contribution < -0.4 is 4.72 Å². The molecule has 7 nitrogen and oxygen atoms in total. The van der Waals surface area contributed by atoms with E-state index < -0.39 is 38.9 Å². The average Bonchev–Trinajstić information content (AvgIpc) is 3.14. The Morgan fingerprint density at radius 1 is 1.08 bits per heavy atom. The Kier molecular flexibility index (Phi) is 4.87. The number of sulfonamides is 1. The largest absolute Gasteiger partial charge is 0.293 e. The summed E-state index contributed by atoms with van der Waals surface area (Å²) in [6, 6.07) is 8.18. The van der Waals surface area contributed by atoms with E-state index in [1.54, 1.807) is 0 Å². The van der Waals surface area contributed by atoms with Gasteiger partial charge < -0.3 is 0 Å². The minimum atomic E-state index is -4.23. The second-order valence-electron chi connectivity index (χ2n) is 5.19. The van der Waals surface area contributed by atoms with E-state index in [9.17, 15) is 22.0 Å². The molecule has 0 unspecified atom stereocenters. The molecule has 0 bridgehead atoms. The molecule has 0 aliphatic carbocycles. The van der Waals surface area contributed by atoms with Crippen molar-refractivity contribution in [2.45, 2.75) is 4.90 Å². The summed E-state index contributed by atoms with van der Waals surface area (Å²) in [5.41, 5.74) is 0.129. The van der Waals surface area contributed by atoms with Gasteiger partial charge in [0.05, 0.1) is 24.6 Å². The first-order valence-electron chi connectivity index (χ1n) is 7.31. The molecule has 0 atom stereocenters. The number of hydrogen-bond donors (Lipinski definition) is 1. The van der Waals surface area contributed by atoms with E-state index in [0.717, 1.165) is 29.1 Å². The van der Waals surface area contributed by atoms with Crippen LogP contribution in [0.4, 0.5) is 8.78 Å². The van der Waals surface area contributed by atoms with Gasteiger partial charge in [0.2, 0.25) is 10.0 Å². The maximum atomic E-state index is 13.8. The molecule has 2 aromatic carbocycles. The zero-order valence-electron chi connectivity index (χ0n) is 13.1. The molecular weight excluding hydrogens is 366 g/mol. The van der Waals surface area contributed by atoms with Crippen molar-refractivity contribution in [2.24, 2.45) is 0 Å². The van der Waals surface area contributed by atoms with Gasteiger partial charge in [0.25, 0.3) is 0 Å². The van der Waals surface area contributed by atoms with Crippen molar-refractivity contribution >= 4 is 15.8 Å². The molecule has 26 heavy (non-hydrogen) atoms. The molecule has 134 valence electrons. The van der Waals surface area contributed by atoms with Crippen LogP contribution in [0.5, 0.6) is 0 Å². The van der Waals surface area contributed by atoms with E-state index in [-0.39, 0.29) is 11.3 Å². The SMILES string of the molecule is O=C(CNS(=O)(=O)c1ccccc1F)c1cc(F)cc(-n2nccn2)c1. The average molecular weight is 378 g/mol. The fourth-order valence-electron chi connectivity index (χ4n) is 2.20. The zero-order chi connectivity index (χ0) is 18.7. The number of nitrogens with zero attached hydrogens (tertiary/aromatic N) is 3. The maximum Gasteiger partial charge on any atom is 0.243 e. The number of Topliss-reactive ketones (excluding diaryl/α,β-unsaturated/α-hetero) is 1. The Balaban J connectivity index is 1.80. The van der Waals surface area contributed by atoms with Gasteiger partial charge in [0, 0.05) is 11.6 Å². The minimum Gasteiger partial charge on any atom is -0.293 e. The molecule has 0 amide bonds. The van der Waals surface area contributed by atoms with Gasteiger partial charge in [-0.2, -0.15) is 15.0 Å². The highest BCUT2D eigenvalue weighted by molar-refractivity contribution is 7.89. The molecule has 1 aromatic heterocycles. The molecule has 0 aliphatic rings. The molecule has 0 aliphatic heterocycles. The molecule has 10 heteroatoms. The minimum absolute atomic E-state index is 0.0754. The quantitative estimate of drug-likeness (QED) is 0.659. The van der Waals surface area contributed by atoms with Gasteiger partial charge in [-0.15, -0.1) is 0 Å². The molecule has 1 heterocycles. The van der Waals surface area contributed by atoms with E-state index >= 15 is 0 Å². The lowest BCUT2D eigenvalue weighted by Gasteiger charge is -2.08. The van der Waals surface area contributed by atoms with Gasteiger partial charge in [0.1, 0.15) is 16.5 Å². The number of nitrogens with one attached hydrogen (secondary N) is 1. The Morgan fingerprint density at radius 3 is 2.46 bits per heavy atom. The fourth-order valence-corrected chi connectivity index (χ4v) is 3.26. The van der Waals surface area contributed by atoms with Crippen molar-refractivity contribution in [3.05, 3.63) is 72.1 Å². The first kappa shape index (κ1) is 17.8. The van der Waals surface area contributed by atoms with Crippen LogP contribution >= 0.6 is 0 Å². The van der Waals surface area contributed by atoms with E-state index in [0.29, 0.717) is 0 Å². The topological polar surface area (TPSA) is 94.0 Å². The molecule has 0 saturated carbocycles. The summed E-state index contributed by atoms with van der Waals surface area (Å²) in [5.74, 6) is -2.34. The first-order chi connectivity index (χ1) is 12.4. The zero-order valence-corrected chi connectivity index (χ0v) is 14.0. The highest BCUT2D eigenvalue weighted by atomic mass is 32.2. The van der Waals surface area contributed by atoms with Gasteiger partial charge in [-0.05, 0) is 24.3 Å². The van der Waals surface area contributed by atoms with Crippen molar-refractivity contribution in [3.63, 3.8) is 0 Å². The number of ketones is 1. The number of halogens is 2. The third-order valence-corrected chi connectivity index (χ3v) is 4.84. The van der Waals surface area contributed by atoms with Crippen molar-refractivity contribution < 1.29 is 22.0 Å². The Labute approximate surface area is 147 Å². The van der Waals surface area contributed by atoms with Crippen LogP contribution in [0.15, 0.2) is 59.8 Å². The summed E-state index contributed by atoms with van der Waals surface area (Å²) >= 11 is 0. The van der Waals surface area contributed by atoms with Gasteiger partial charge in [0.15, 0.2) is 5.78 Å². The molecule has 0 spiro atoms. The predicted octanol–water partition coefficient (Wildman–Crippen LogP) is 1.71. The van der Waals surface area contributed by atoms with Crippen LogP contribution in [-0.2, 0) is 10.0 Å². The maximum absolute atomic E-state index is 13.8. The highest BCUT2D eigenvalue weighted by Gasteiger charge is 2.20. The van der Waals surface area contributed by atoms with Crippen molar-refractivity contribution in [2.75, 3.05) is 6.54 Å². The monoisotopic (exact) mass is 378 g/mol. The van der Waals surface area contributed by atoms with E-state index in [4.69, 9.17) is 0 Å². The Hall–Kier alpha value is -2.98. The first-order valence-corrected chi connectivity index (χ1v) is 8.80. The fraction of sp³-hybridized carbons (Fsp3) is 0.0625. The van der Waals surface area contributed by atoms with Crippen LogP contribution in [0.2, 0.25) is 0 Å². The van der Waals surface area contributed by atoms with Crippen molar-refractivity contribution in [3.8, 4) is 5.69 Å². The van der Waals surface area contributed by atoms with Crippen LogP contribution in [-0.4, -0.2) is 35.7 Å². The summed E-state index contributed by atoms with van der Waals surface area (Å²) in [7, 11) is -4.23. The summed E-state index contributed by atoms with van der Waals surface area (Å²) < 4.78 is 53.6. The molecule has 0 radical (unpaired) electrons. The summed E-state index contributed by atoms with van der Waals surface area (Å²) in [6.45, 7) is -0.661. The summed E-state index contributed by atoms with van der Waals surface area (Å²) in [4.78, 5) is 12.8. The third kappa shape index (κ3) is 3.81. The van der Waals surface area contributed by atoms with Crippen molar-refractivity contribution in [1.82, 2.24) is 19.7 Å². The van der Waals surface area contributed by atoms with Crippen LogP contribution in [0.1, 0.15) is 10.4 Å². The molecular formula is C16H12F2N4O3S. The predicted molar refractivity (Wildman–Crippen MR) is 87.2 cm³/mol. The number of aromatic nitrogens is 3. The van der Waals surface area contributed by atoms with E-state index in [1.165, 1.54) is 30.6 Å². The molecule has 3 rings (SSSR count). The van der Waals surface area contributed by atoms with Gasteiger partial charge in [-0.1, -0.05) is 12.1 Å². The number of benzene rings is 2. The van der Waals surface area contributed by atoms with E-state index in [2.05, 4.69) is 10.2 Å². The molecule has 0 saturated heterocycles. The second-order valence-corrected chi connectivity index (χ2v) is 6.93. The summed E-state index contributed by atoms with van der Waals surface area (Å²) in [6.07, 6.45) is 2.77. The van der Waals surface area contributed by atoms with Crippen molar-refractivity contribution in [1.29, 1.82) is 0 Å². The Morgan fingerprint density at radius 2 is 1.77 bits per heavy atom. The second kappa shape index (κ2) is 7.10. The number of carbonyl (C=O) groups is 1. The lowest BCUT2D eigenvalue weighted by atomic mass is 10.1. The number of rotatable bonds is 6. The van der Waals surface area contributed by atoms with Crippen LogP contribution in [0, 0.1) is 11.6 Å². The molecule has 1 N–H and O–H groups in total. The smallest absolute Gasteiger partial charge is 0.243 e. The third-order valence-electron chi connectivity index (χ3n) is 3.40. The van der Waals surface area contributed by atoms with Gasteiger partial charge in [-0.25, -0.2) is 21.9 Å².